The summed E-state index contributed by atoms with van der Waals surface area (Å²) in [5.74, 6) is -0.385. The van der Waals surface area contributed by atoms with Crippen molar-refractivity contribution in [3.05, 3.63) is 77.0 Å². The summed E-state index contributed by atoms with van der Waals surface area (Å²) < 4.78 is 30.0. The summed E-state index contributed by atoms with van der Waals surface area (Å²) in [7, 11) is -3.98. The number of anilines is 1. The Morgan fingerprint density at radius 2 is 1.87 bits per heavy atom. The molecule has 11 heteroatoms. The van der Waals surface area contributed by atoms with Gasteiger partial charge in [-0.1, -0.05) is 12.1 Å². The van der Waals surface area contributed by atoms with Crippen LogP contribution in [0.4, 0.5) is 5.69 Å². The zero-order chi connectivity index (χ0) is 21.8. The van der Waals surface area contributed by atoms with Crippen LogP contribution in [-0.4, -0.2) is 40.6 Å². The van der Waals surface area contributed by atoms with E-state index in [1.54, 1.807) is 29.1 Å². The lowest BCUT2D eigenvalue weighted by Crippen LogP contribution is -2.27. The van der Waals surface area contributed by atoms with E-state index in [1.165, 1.54) is 24.3 Å². The largest absolute Gasteiger partial charge is 0.352 e. The summed E-state index contributed by atoms with van der Waals surface area (Å²) in [6, 6.07) is 12.4. The molecule has 4 aromatic rings. The van der Waals surface area contributed by atoms with Crippen LogP contribution in [0.5, 0.6) is 0 Å². The molecule has 1 amide bonds. The van der Waals surface area contributed by atoms with Crippen molar-refractivity contribution in [2.45, 2.75) is 17.9 Å². The van der Waals surface area contributed by atoms with Crippen LogP contribution in [0.1, 0.15) is 16.8 Å². The number of para-hydroxylation sites is 1. The number of nitrogens with one attached hydrogen (secondary N) is 4. The molecule has 4 rings (SSSR count). The molecule has 0 saturated carbocycles. The van der Waals surface area contributed by atoms with Gasteiger partial charge in [-0.25, -0.2) is 13.2 Å². The quantitative estimate of drug-likeness (QED) is 0.308. The second kappa shape index (κ2) is 8.48. The van der Waals surface area contributed by atoms with Crippen LogP contribution < -0.4 is 15.7 Å². The first-order valence-corrected chi connectivity index (χ1v) is 11.0. The predicted molar refractivity (Wildman–Crippen MR) is 115 cm³/mol. The molecule has 0 atom stereocenters. The van der Waals surface area contributed by atoms with Gasteiger partial charge in [0, 0.05) is 25.5 Å². The van der Waals surface area contributed by atoms with Crippen molar-refractivity contribution >= 4 is 32.7 Å². The molecule has 0 saturated heterocycles. The van der Waals surface area contributed by atoms with Gasteiger partial charge in [0.1, 0.15) is 0 Å². The highest BCUT2D eigenvalue weighted by Crippen LogP contribution is 2.22. The highest BCUT2D eigenvalue weighted by atomic mass is 32.2. The van der Waals surface area contributed by atoms with Crippen molar-refractivity contribution in [1.82, 2.24) is 25.1 Å². The number of hydrogen-bond acceptors (Lipinski definition) is 5. The molecule has 0 spiro atoms. The Balaban J connectivity index is 1.47. The number of aromatic nitrogens is 4. The van der Waals surface area contributed by atoms with Crippen LogP contribution in [0.3, 0.4) is 0 Å². The summed E-state index contributed by atoms with van der Waals surface area (Å²) in [6.45, 7) is 1.07. The fourth-order valence-electron chi connectivity index (χ4n) is 3.12. The zero-order valence-electron chi connectivity index (χ0n) is 16.3. The summed E-state index contributed by atoms with van der Waals surface area (Å²) in [5.41, 5.74) is 0.818. The molecule has 10 nitrogen and oxygen atoms in total. The van der Waals surface area contributed by atoms with Gasteiger partial charge in [0.25, 0.3) is 15.9 Å². The Hall–Kier alpha value is -3.86. The molecule has 0 aliphatic heterocycles. The van der Waals surface area contributed by atoms with Gasteiger partial charge in [0.2, 0.25) is 0 Å². The third-order valence-corrected chi connectivity index (χ3v) is 5.99. The van der Waals surface area contributed by atoms with E-state index >= 15 is 0 Å². The maximum atomic E-state index is 12.9. The average Bonchev–Trinajstić information content (AvgIpc) is 3.39. The molecule has 0 radical (unpaired) electrons. The number of carbonyl (C=O) groups excluding carboxylic acids is 1. The zero-order valence-corrected chi connectivity index (χ0v) is 17.1. The molecule has 0 aliphatic carbocycles. The minimum atomic E-state index is -3.98. The molecular formula is C20H20N6O4S. The molecule has 4 N–H and O–H groups in total. The average molecular weight is 440 g/mol. The molecule has 31 heavy (non-hydrogen) atoms. The highest BCUT2D eigenvalue weighted by molar-refractivity contribution is 7.92. The third kappa shape index (κ3) is 4.67. The molecule has 2 aromatic carbocycles. The first kappa shape index (κ1) is 20.4. The monoisotopic (exact) mass is 440 g/mol. The first-order chi connectivity index (χ1) is 14.9. The maximum absolute atomic E-state index is 12.9. The van der Waals surface area contributed by atoms with Gasteiger partial charge in [-0.2, -0.15) is 5.10 Å². The lowest BCUT2D eigenvalue weighted by atomic mass is 10.1. The lowest BCUT2D eigenvalue weighted by Gasteiger charge is -2.13. The number of sulfonamides is 1. The summed E-state index contributed by atoms with van der Waals surface area (Å²) >= 11 is 0. The molecule has 2 aromatic heterocycles. The van der Waals surface area contributed by atoms with E-state index in [0.717, 1.165) is 0 Å². The van der Waals surface area contributed by atoms with E-state index in [-0.39, 0.29) is 22.1 Å². The van der Waals surface area contributed by atoms with Gasteiger partial charge in [0.15, 0.2) is 0 Å². The van der Waals surface area contributed by atoms with E-state index in [9.17, 15) is 18.0 Å². The molecular weight excluding hydrogens is 420 g/mol. The number of benzene rings is 2. The van der Waals surface area contributed by atoms with Crippen molar-refractivity contribution in [3.63, 3.8) is 0 Å². The fourth-order valence-corrected chi connectivity index (χ4v) is 4.23. The molecule has 160 valence electrons. The fraction of sp³-hybridized carbons (Fsp3) is 0.150. The molecule has 2 heterocycles. The normalized spacial score (nSPS) is 11.5. The van der Waals surface area contributed by atoms with Crippen LogP contribution in [0.2, 0.25) is 0 Å². The van der Waals surface area contributed by atoms with Gasteiger partial charge in [-0.05, 0) is 42.8 Å². The first-order valence-electron chi connectivity index (χ1n) is 9.52. The van der Waals surface area contributed by atoms with Crippen molar-refractivity contribution in [1.29, 1.82) is 0 Å². The smallest absolute Gasteiger partial charge is 0.323 e. The summed E-state index contributed by atoms with van der Waals surface area (Å²) in [6.07, 6.45) is 4.20. The lowest BCUT2D eigenvalue weighted by molar-refractivity contribution is 0.0953. The van der Waals surface area contributed by atoms with E-state index in [4.69, 9.17) is 0 Å². The Kier molecular flexibility index (Phi) is 5.58. The number of nitrogens with zero attached hydrogens (tertiary/aromatic N) is 2. The van der Waals surface area contributed by atoms with E-state index in [0.29, 0.717) is 30.5 Å². The van der Waals surface area contributed by atoms with Crippen molar-refractivity contribution in [3.8, 4) is 0 Å². The summed E-state index contributed by atoms with van der Waals surface area (Å²) in [4.78, 5) is 29.1. The minimum absolute atomic E-state index is 0.0373. The number of aromatic amines is 2. The number of imidazole rings is 1. The Morgan fingerprint density at radius 1 is 1.06 bits per heavy atom. The SMILES string of the molecule is O=C(NCCCn1cccn1)c1ccccc1NS(=O)(=O)c1ccc2[nH]c(=O)[nH]c2c1. The second-order valence-electron chi connectivity index (χ2n) is 6.82. The molecule has 0 fully saturated rings. The standard InChI is InChI=1S/C20H20N6O4S/c27-19(21-9-3-11-26-12-4-10-22-26)15-5-1-2-6-16(15)25-31(29,30)14-7-8-17-18(13-14)24-20(28)23-17/h1-2,4-8,10,12-13,25H,3,9,11H2,(H,21,27)(H2,23,24,28). The van der Waals surface area contributed by atoms with E-state index < -0.39 is 15.7 Å². The number of rotatable bonds is 8. The van der Waals surface area contributed by atoms with Crippen molar-refractivity contribution < 1.29 is 13.2 Å². The van der Waals surface area contributed by atoms with E-state index in [2.05, 4.69) is 25.1 Å². The predicted octanol–water partition coefficient (Wildman–Crippen LogP) is 1.67. The van der Waals surface area contributed by atoms with Gasteiger partial charge < -0.3 is 15.3 Å². The van der Waals surface area contributed by atoms with Gasteiger partial charge >= 0.3 is 5.69 Å². The van der Waals surface area contributed by atoms with Crippen LogP contribution in [0.15, 0.2) is 70.6 Å². The number of fused-ring (bicyclic) bond motifs is 1. The van der Waals surface area contributed by atoms with Crippen molar-refractivity contribution in [2.75, 3.05) is 11.3 Å². The van der Waals surface area contributed by atoms with E-state index in [1.807, 2.05) is 12.3 Å². The number of hydrogen-bond donors (Lipinski definition) is 4. The Labute approximate surface area is 177 Å². The van der Waals surface area contributed by atoms with Crippen LogP contribution in [0.25, 0.3) is 11.0 Å². The van der Waals surface area contributed by atoms with Gasteiger partial charge in [-0.15, -0.1) is 0 Å². The molecule has 0 aliphatic rings. The molecule has 0 unspecified atom stereocenters. The van der Waals surface area contributed by atoms with Gasteiger partial charge in [0.05, 0.1) is 27.2 Å². The van der Waals surface area contributed by atoms with Crippen LogP contribution in [-0.2, 0) is 16.6 Å². The minimum Gasteiger partial charge on any atom is -0.352 e. The van der Waals surface area contributed by atoms with Crippen LogP contribution >= 0.6 is 0 Å². The maximum Gasteiger partial charge on any atom is 0.323 e. The number of aryl methyl sites for hydroxylation is 1. The summed E-state index contributed by atoms with van der Waals surface area (Å²) in [5, 5.41) is 6.90. The number of amides is 1. The second-order valence-corrected chi connectivity index (χ2v) is 8.50. The Bertz CT molecular complexity index is 1370. The third-order valence-electron chi connectivity index (χ3n) is 4.62. The number of H-pyrrole nitrogens is 2. The molecule has 0 bridgehead atoms. The van der Waals surface area contributed by atoms with Gasteiger partial charge in [-0.3, -0.25) is 14.2 Å². The highest BCUT2D eigenvalue weighted by Gasteiger charge is 2.19. The number of carbonyl (C=O) groups is 1. The Morgan fingerprint density at radius 3 is 2.68 bits per heavy atom. The van der Waals surface area contributed by atoms with Crippen LogP contribution in [0, 0.1) is 0 Å². The topological polar surface area (TPSA) is 142 Å². The van der Waals surface area contributed by atoms with Crippen molar-refractivity contribution in [2.24, 2.45) is 0 Å².